The average molecular weight is 207 g/mol. The largest absolute Gasteiger partial charge is 0.444 e. The molecule has 4 nitrogen and oxygen atoms in total. The maximum absolute atomic E-state index is 11.0. The smallest absolute Gasteiger partial charge is 0.407 e. The molecule has 0 rings (SSSR count). The lowest BCUT2D eigenvalue weighted by Crippen LogP contribution is -2.37. The van der Waals surface area contributed by atoms with Crippen LogP contribution in [-0.2, 0) is 4.74 Å². The van der Waals surface area contributed by atoms with Crippen molar-refractivity contribution in [3.8, 4) is 0 Å². The third-order valence-electron chi connectivity index (χ3n) is 1.09. The number of aliphatic hydroxyl groups is 1. The van der Waals surface area contributed by atoms with Gasteiger partial charge < -0.3 is 15.2 Å². The van der Waals surface area contributed by atoms with Crippen LogP contribution in [-0.4, -0.2) is 35.2 Å². The first-order valence-electron chi connectivity index (χ1n) is 4.11. The Morgan fingerprint density at radius 2 is 2.15 bits per heavy atom. The fraction of sp³-hybridized carbons (Fsp3) is 0.875. The van der Waals surface area contributed by atoms with E-state index in [1.54, 1.807) is 20.8 Å². The summed E-state index contributed by atoms with van der Waals surface area (Å²) in [6.45, 7) is 5.50. The number of hydrogen-bond donors (Lipinski definition) is 3. The number of thiol groups is 1. The summed E-state index contributed by atoms with van der Waals surface area (Å²) in [6, 6.07) is 0. The van der Waals surface area contributed by atoms with E-state index in [-0.39, 0.29) is 6.54 Å². The van der Waals surface area contributed by atoms with E-state index in [1.807, 2.05) is 0 Å². The van der Waals surface area contributed by atoms with Gasteiger partial charge >= 0.3 is 6.09 Å². The minimum Gasteiger partial charge on any atom is -0.444 e. The third kappa shape index (κ3) is 7.93. The number of nitrogens with one attached hydrogen (secondary N) is 1. The molecule has 0 radical (unpaired) electrons. The SMILES string of the molecule is CC(C)(C)OC(=O)NCC(O)CS. The highest BCUT2D eigenvalue weighted by atomic mass is 32.1. The quantitative estimate of drug-likeness (QED) is 0.600. The highest BCUT2D eigenvalue weighted by Crippen LogP contribution is 2.06. The summed E-state index contributed by atoms with van der Waals surface area (Å²) in [5.74, 6) is 0.315. The van der Waals surface area contributed by atoms with E-state index >= 15 is 0 Å². The first-order chi connectivity index (χ1) is 5.85. The van der Waals surface area contributed by atoms with Crippen molar-refractivity contribution < 1.29 is 14.6 Å². The number of alkyl carbamates (subject to hydrolysis) is 1. The molecule has 0 aromatic heterocycles. The Labute approximate surface area is 84.1 Å². The van der Waals surface area contributed by atoms with Gasteiger partial charge in [-0.05, 0) is 20.8 Å². The summed E-state index contributed by atoms with van der Waals surface area (Å²) in [5.41, 5.74) is -0.504. The third-order valence-corrected chi connectivity index (χ3v) is 1.51. The number of rotatable bonds is 3. The highest BCUT2D eigenvalue weighted by Gasteiger charge is 2.16. The number of carbonyl (C=O) groups excluding carboxylic acids is 1. The number of amides is 1. The Balaban J connectivity index is 3.64. The van der Waals surface area contributed by atoms with Gasteiger partial charge in [0.25, 0.3) is 0 Å². The maximum atomic E-state index is 11.0. The molecule has 0 spiro atoms. The minimum atomic E-state index is -0.629. The van der Waals surface area contributed by atoms with Crippen LogP contribution in [0, 0.1) is 0 Å². The summed E-state index contributed by atoms with van der Waals surface area (Å²) in [4.78, 5) is 11.0. The van der Waals surface area contributed by atoms with Crippen molar-refractivity contribution in [2.75, 3.05) is 12.3 Å². The van der Waals surface area contributed by atoms with Crippen molar-refractivity contribution in [2.24, 2.45) is 0 Å². The van der Waals surface area contributed by atoms with Crippen molar-refractivity contribution in [3.63, 3.8) is 0 Å². The van der Waals surface area contributed by atoms with E-state index < -0.39 is 17.8 Å². The lowest BCUT2D eigenvalue weighted by Gasteiger charge is -2.20. The first kappa shape index (κ1) is 12.6. The second-order valence-corrected chi connectivity index (χ2v) is 4.08. The van der Waals surface area contributed by atoms with Gasteiger partial charge in [-0.25, -0.2) is 4.79 Å². The summed E-state index contributed by atoms with van der Waals surface area (Å²) in [6.07, 6.45) is -1.15. The number of carbonyl (C=O) groups is 1. The maximum Gasteiger partial charge on any atom is 0.407 e. The fourth-order valence-electron chi connectivity index (χ4n) is 0.580. The van der Waals surface area contributed by atoms with E-state index in [4.69, 9.17) is 9.84 Å². The molecule has 0 saturated carbocycles. The van der Waals surface area contributed by atoms with E-state index in [9.17, 15) is 4.79 Å². The predicted molar refractivity (Wildman–Crippen MR) is 54.1 cm³/mol. The van der Waals surface area contributed by atoms with Crippen LogP contribution in [0.2, 0.25) is 0 Å². The minimum absolute atomic E-state index is 0.165. The zero-order valence-corrected chi connectivity index (χ0v) is 9.10. The van der Waals surface area contributed by atoms with Gasteiger partial charge in [0, 0.05) is 12.3 Å². The second-order valence-electron chi connectivity index (χ2n) is 3.72. The Morgan fingerprint density at radius 3 is 2.54 bits per heavy atom. The lowest BCUT2D eigenvalue weighted by molar-refractivity contribution is 0.0499. The van der Waals surface area contributed by atoms with Crippen LogP contribution >= 0.6 is 12.6 Å². The topological polar surface area (TPSA) is 58.6 Å². The molecule has 0 aliphatic carbocycles. The molecular weight excluding hydrogens is 190 g/mol. The molecule has 0 aromatic rings. The van der Waals surface area contributed by atoms with Crippen molar-refractivity contribution in [3.05, 3.63) is 0 Å². The van der Waals surface area contributed by atoms with Crippen molar-refractivity contribution >= 4 is 18.7 Å². The monoisotopic (exact) mass is 207 g/mol. The van der Waals surface area contributed by atoms with Gasteiger partial charge in [-0.1, -0.05) is 0 Å². The lowest BCUT2D eigenvalue weighted by atomic mass is 10.2. The van der Waals surface area contributed by atoms with E-state index in [0.717, 1.165) is 0 Å². The fourth-order valence-corrected chi connectivity index (χ4v) is 0.709. The van der Waals surface area contributed by atoms with Crippen LogP contribution < -0.4 is 5.32 Å². The summed E-state index contributed by atoms with van der Waals surface area (Å²) < 4.78 is 4.95. The Bertz CT molecular complexity index is 167. The Morgan fingerprint density at radius 1 is 1.62 bits per heavy atom. The Hall–Kier alpha value is -0.420. The van der Waals surface area contributed by atoms with Gasteiger partial charge in [-0.15, -0.1) is 0 Å². The molecule has 0 aromatic carbocycles. The summed E-state index contributed by atoms with van der Waals surface area (Å²) in [7, 11) is 0. The molecule has 0 saturated heterocycles. The van der Waals surface area contributed by atoms with Gasteiger partial charge in [0.15, 0.2) is 0 Å². The molecule has 78 valence electrons. The number of hydrogen-bond acceptors (Lipinski definition) is 4. The van der Waals surface area contributed by atoms with Crippen molar-refractivity contribution in [1.29, 1.82) is 0 Å². The molecule has 0 fully saturated rings. The Kier molecular flexibility index (Phi) is 5.17. The first-order valence-corrected chi connectivity index (χ1v) is 4.74. The molecule has 0 heterocycles. The molecule has 0 bridgehead atoms. The second kappa shape index (κ2) is 5.34. The highest BCUT2D eigenvalue weighted by molar-refractivity contribution is 7.80. The van der Waals surface area contributed by atoms with Gasteiger partial charge in [-0.2, -0.15) is 12.6 Å². The molecule has 1 amide bonds. The van der Waals surface area contributed by atoms with Crippen LogP contribution in [0.1, 0.15) is 20.8 Å². The molecule has 13 heavy (non-hydrogen) atoms. The molecule has 5 heteroatoms. The van der Waals surface area contributed by atoms with E-state index in [2.05, 4.69) is 17.9 Å². The van der Waals surface area contributed by atoms with Gasteiger partial charge in [-0.3, -0.25) is 0 Å². The van der Waals surface area contributed by atoms with Crippen LogP contribution in [0.4, 0.5) is 4.79 Å². The molecule has 1 unspecified atom stereocenters. The predicted octanol–water partition coefficient (Wildman–Crippen LogP) is 0.802. The normalized spacial score (nSPS) is 13.6. The van der Waals surface area contributed by atoms with Gasteiger partial charge in [0.1, 0.15) is 5.60 Å². The molecular formula is C8H17NO3S. The molecule has 0 aliphatic heterocycles. The van der Waals surface area contributed by atoms with Crippen molar-refractivity contribution in [2.45, 2.75) is 32.5 Å². The zero-order valence-electron chi connectivity index (χ0n) is 8.20. The molecule has 0 aliphatic rings. The zero-order chi connectivity index (χ0) is 10.5. The van der Waals surface area contributed by atoms with Gasteiger partial charge in [0.05, 0.1) is 6.10 Å². The van der Waals surface area contributed by atoms with Crippen LogP contribution in [0.15, 0.2) is 0 Å². The average Bonchev–Trinajstić information content (AvgIpc) is 1.97. The van der Waals surface area contributed by atoms with Gasteiger partial charge in [0.2, 0.25) is 0 Å². The van der Waals surface area contributed by atoms with Crippen LogP contribution in [0.3, 0.4) is 0 Å². The number of ether oxygens (including phenoxy) is 1. The summed E-state index contributed by atoms with van der Waals surface area (Å²) in [5, 5.41) is 11.5. The summed E-state index contributed by atoms with van der Waals surface area (Å²) >= 11 is 3.86. The number of aliphatic hydroxyl groups excluding tert-OH is 1. The molecule has 1 atom stereocenters. The van der Waals surface area contributed by atoms with Crippen LogP contribution in [0.25, 0.3) is 0 Å². The van der Waals surface area contributed by atoms with Crippen LogP contribution in [0.5, 0.6) is 0 Å². The van der Waals surface area contributed by atoms with Crippen molar-refractivity contribution in [1.82, 2.24) is 5.32 Å². The van der Waals surface area contributed by atoms with E-state index in [1.165, 1.54) is 0 Å². The molecule has 2 N–H and O–H groups in total. The van der Waals surface area contributed by atoms with E-state index in [0.29, 0.717) is 5.75 Å². The standard InChI is InChI=1S/C8H17NO3S/c1-8(2,3)12-7(11)9-4-6(10)5-13/h6,10,13H,4-5H2,1-3H3,(H,9,11).